The molecule has 2 unspecified atom stereocenters. The van der Waals surface area contributed by atoms with E-state index in [0.717, 1.165) is 25.4 Å². The summed E-state index contributed by atoms with van der Waals surface area (Å²) < 4.78 is 7.60. The smallest absolute Gasteiger partial charge is 0.0838 e. The van der Waals surface area contributed by atoms with Gasteiger partial charge in [-0.2, -0.15) is 5.10 Å². The Morgan fingerprint density at radius 3 is 2.94 bits per heavy atom. The standard InChI is InChI=1S/C12H20ClN3O/c1-9-4-11(15(3)14-9)6-16-7-12(5-13)17-8-10(16)2/h4,10,12H,5-8H2,1-3H3. The molecule has 0 spiro atoms. The number of aryl methyl sites for hydroxylation is 2. The van der Waals surface area contributed by atoms with Gasteiger partial charge >= 0.3 is 0 Å². The zero-order valence-corrected chi connectivity index (χ0v) is 11.4. The largest absolute Gasteiger partial charge is 0.374 e. The van der Waals surface area contributed by atoms with Gasteiger partial charge in [0.2, 0.25) is 0 Å². The second-order valence-electron chi connectivity index (χ2n) is 4.79. The minimum Gasteiger partial charge on any atom is -0.374 e. The molecule has 96 valence electrons. The van der Waals surface area contributed by atoms with Crippen LogP contribution in [0.5, 0.6) is 0 Å². The highest BCUT2D eigenvalue weighted by Crippen LogP contribution is 2.16. The van der Waals surface area contributed by atoms with Crippen LogP contribution >= 0.6 is 11.6 Å². The van der Waals surface area contributed by atoms with Crippen molar-refractivity contribution in [2.75, 3.05) is 19.0 Å². The third kappa shape index (κ3) is 3.00. The number of hydrogen-bond donors (Lipinski definition) is 0. The van der Waals surface area contributed by atoms with Gasteiger partial charge in [-0.1, -0.05) is 0 Å². The van der Waals surface area contributed by atoms with E-state index in [1.54, 1.807) is 0 Å². The second kappa shape index (κ2) is 5.38. The van der Waals surface area contributed by atoms with E-state index >= 15 is 0 Å². The Morgan fingerprint density at radius 1 is 1.59 bits per heavy atom. The van der Waals surface area contributed by atoms with Gasteiger partial charge in [-0.25, -0.2) is 0 Å². The van der Waals surface area contributed by atoms with Crippen molar-refractivity contribution in [1.82, 2.24) is 14.7 Å². The molecule has 0 bridgehead atoms. The first kappa shape index (κ1) is 12.9. The molecular weight excluding hydrogens is 238 g/mol. The number of ether oxygens (including phenoxy) is 1. The molecule has 0 aliphatic carbocycles. The Kier molecular flexibility index (Phi) is 4.07. The van der Waals surface area contributed by atoms with E-state index < -0.39 is 0 Å². The van der Waals surface area contributed by atoms with Crippen molar-refractivity contribution in [2.45, 2.75) is 32.5 Å². The maximum absolute atomic E-state index is 5.86. The number of morpholine rings is 1. The molecule has 5 heteroatoms. The highest BCUT2D eigenvalue weighted by atomic mass is 35.5. The van der Waals surface area contributed by atoms with Gasteiger partial charge in [-0.3, -0.25) is 9.58 Å². The fourth-order valence-corrected chi connectivity index (χ4v) is 2.40. The third-order valence-corrected chi connectivity index (χ3v) is 3.61. The fraction of sp³-hybridized carbons (Fsp3) is 0.750. The predicted molar refractivity (Wildman–Crippen MR) is 68.3 cm³/mol. The van der Waals surface area contributed by atoms with E-state index in [9.17, 15) is 0 Å². The van der Waals surface area contributed by atoms with Gasteiger partial charge in [0.15, 0.2) is 0 Å². The first-order valence-corrected chi connectivity index (χ1v) is 6.54. The van der Waals surface area contributed by atoms with E-state index in [4.69, 9.17) is 16.3 Å². The number of nitrogens with zero attached hydrogens (tertiary/aromatic N) is 3. The van der Waals surface area contributed by atoms with Gasteiger partial charge in [0.1, 0.15) is 0 Å². The van der Waals surface area contributed by atoms with Crippen LogP contribution in [0.3, 0.4) is 0 Å². The zero-order chi connectivity index (χ0) is 12.4. The number of aromatic nitrogens is 2. The van der Waals surface area contributed by atoms with Crippen LogP contribution in [0.1, 0.15) is 18.3 Å². The molecule has 2 heterocycles. The zero-order valence-electron chi connectivity index (χ0n) is 10.7. The summed E-state index contributed by atoms with van der Waals surface area (Å²) in [5, 5.41) is 4.37. The molecule has 4 nitrogen and oxygen atoms in total. The Bertz CT molecular complexity index is 380. The topological polar surface area (TPSA) is 30.3 Å². The summed E-state index contributed by atoms with van der Waals surface area (Å²) in [7, 11) is 1.99. The summed E-state index contributed by atoms with van der Waals surface area (Å²) in [5.41, 5.74) is 2.31. The average Bonchev–Trinajstić information content (AvgIpc) is 2.60. The first-order valence-electron chi connectivity index (χ1n) is 6.01. The number of hydrogen-bond acceptors (Lipinski definition) is 3. The Morgan fingerprint density at radius 2 is 2.35 bits per heavy atom. The lowest BCUT2D eigenvalue weighted by molar-refractivity contribution is -0.0518. The highest BCUT2D eigenvalue weighted by molar-refractivity contribution is 6.18. The minimum absolute atomic E-state index is 0.155. The number of alkyl halides is 1. The molecule has 2 rings (SSSR count). The molecular formula is C12H20ClN3O. The SMILES string of the molecule is Cc1cc(CN2CC(CCl)OCC2C)n(C)n1. The van der Waals surface area contributed by atoms with Crippen LogP contribution in [-0.2, 0) is 18.3 Å². The van der Waals surface area contributed by atoms with Gasteiger partial charge in [-0.05, 0) is 19.9 Å². The molecule has 1 fully saturated rings. The summed E-state index contributed by atoms with van der Waals surface area (Å²) >= 11 is 5.86. The maximum Gasteiger partial charge on any atom is 0.0838 e. The lowest BCUT2D eigenvalue weighted by atomic mass is 10.2. The lowest BCUT2D eigenvalue weighted by Gasteiger charge is -2.37. The summed E-state index contributed by atoms with van der Waals surface area (Å²) in [6.45, 7) is 6.78. The van der Waals surface area contributed by atoms with Crippen molar-refractivity contribution in [2.24, 2.45) is 7.05 Å². The molecule has 1 saturated heterocycles. The fourth-order valence-electron chi connectivity index (χ4n) is 2.21. The molecule has 1 aliphatic heterocycles. The first-order chi connectivity index (χ1) is 8.10. The average molecular weight is 258 g/mol. The van der Waals surface area contributed by atoms with Gasteiger partial charge in [-0.15, -0.1) is 11.6 Å². The Hall–Kier alpha value is -0.580. The second-order valence-corrected chi connectivity index (χ2v) is 5.10. The molecule has 0 N–H and O–H groups in total. The van der Waals surface area contributed by atoms with Crippen molar-refractivity contribution in [3.8, 4) is 0 Å². The third-order valence-electron chi connectivity index (χ3n) is 3.27. The van der Waals surface area contributed by atoms with Crippen LogP contribution in [0.25, 0.3) is 0 Å². The van der Waals surface area contributed by atoms with E-state index in [1.807, 2.05) is 18.7 Å². The lowest BCUT2D eigenvalue weighted by Crippen LogP contribution is -2.48. The molecule has 0 radical (unpaired) electrons. The van der Waals surface area contributed by atoms with Crippen molar-refractivity contribution >= 4 is 11.6 Å². The van der Waals surface area contributed by atoms with E-state index in [-0.39, 0.29) is 6.10 Å². The minimum atomic E-state index is 0.155. The molecule has 0 aromatic carbocycles. The van der Waals surface area contributed by atoms with Crippen molar-refractivity contribution in [3.63, 3.8) is 0 Å². The van der Waals surface area contributed by atoms with E-state index in [1.165, 1.54) is 5.69 Å². The predicted octanol–water partition coefficient (Wildman–Crippen LogP) is 1.56. The monoisotopic (exact) mass is 257 g/mol. The molecule has 1 aromatic heterocycles. The van der Waals surface area contributed by atoms with Gasteiger partial charge in [0.05, 0.1) is 24.1 Å². The summed E-state index contributed by atoms with van der Waals surface area (Å²) in [6, 6.07) is 2.57. The van der Waals surface area contributed by atoms with Crippen molar-refractivity contribution in [1.29, 1.82) is 0 Å². The van der Waals surface area contributed by atoms with Crippen LogP contribution in [-0.4, -0.2) is 45.9 Å². The van der Waals surface area contributed by atoms with Crippen LogP contribution in [0, 0.1) is 6.92 Å². The number of halogens is 1. The molecule has 0 amide bonds. The Balaban J connectivity index is 2.03. The van der Waals surface area contributed by atoms with Crippen molar-refractivity contribution in [3.05, 3.63) is 17.5 Å². The van der Waals surface area contributed by atoms with Gasteiger partial charge < -0.3 is 4.74 Å². The molecule has 17 heavy (non-hydrogen) atoms. The molecule has 0 saturated carbocycles. The molecule has 1 aliphatic rings. The molecule has 1 aromatic rings. The normalized spacial score (nSPS) is 26.4. The summed E-state index contributed by atoms with van der Waals surface area (Å²) in [6.07, 6.45) is 0.155. The van der Waals surface area contributed by atoms with Crippen LogP contribution in [0.4, 0.5) is 0 Å². The van der Waals surface area contributed by atoms with E-state index in [0.29, 0.717) is 11.9 Å². The summed E-state index contributed by atoms with van der Waals surface area (Å²) in [5.74, 6) is 0.563. The number of rotatable bonds is 3. The highest BCUT2D eigenvalue weighted by Gasteiger charge is 2.26. The van der Waals surface area contributed by atoms with Crippen LogP contribution in [0.2, 0.25) is 0 Å². The van der Waals surface area contributed by atoms with Crippen LogP contribution in [0.15, 0.2) is 6.07 Å². The quantitative estimate of drug-likeness (QED) is 0.770. The Labute approximate surface area is 107 Å². The van der Waals surface area contributed by atoms with Gasteiger partial charge in [0.25, 0.3) is 0 Å². The van der Waals surface area contributed by atoms with Gasteiger partial charge in [0, 0.05) is 32.1 Å². The summed E-state index contributed by atoms with van der Waals surface area (Å²) in [4.78, 5) is 2.41. The van der Waals surface area contributed by atoms with E-state index in [2.05, 4.69) is 23.0 Å². The van der Waals surface area contributed by atoms with Crippen molar-refractivity contribution < 1.29 is 4.74 Å². The molecule has 2 atom stereocenters. The maximum atomic E-state index is 5.86. The van der Waals surface area contributed by atoms with Crippen LogP contribution < -0.4 is 0 Å².